The number of pyridine rings is 1. The van der Waals surface area contributed by atoms with Crippen molar-refractivity contribution in [2.45, 2.75) is 12.1 Å². The van der Waals surface area contributed by atoms with Crippen molar-refractivity contribution in [2.75, 3.05) is 24.8 Å². The van der Waals surface area contributed by atoms with Gasteiger partial charge in [0.05, 0.1) is 31.7 Å². The van der Waals surface area contributed by atoms with Crippen molar-refractivity contribution in [3.8, 4) is 0 Å². The summed E-state index contributed by atoms with van der Waals surface area (Å²) >= 11 is 1.60. The fourth-order valence-corrected chi connectivity index (χ4v) is 3.19. The van der Waals surface area contributed by atoms with E-state index in [4.69, 9.17) is 4.84 Å². The second kappa shape index (κ2) is 7.96. The van der Waals surface area contributed by atoms with E-state index >= 15 is 0 Å². The molecule has 0 radical (unpaired) electrons. The molecule has 1 amide bonds. The summed E-state index contributed by atoms with van der Waals surface area (Å²) in [7, 11) is 7.08. The van der Waals surface area contributed by atoms with Gasteiger partial charge >= 0.3 is 11.1 Å². The average molecular weight is 348 g/mol. The Labute approximate surface area is 145 Å². The van der Waals surface area contributed by atoms with Crippen LogP contribution in [0.3, 0.4) is 0 Å². The molecule has 2 rings (SSSR count). The van der Waals surface area contributed by atoms with Crippen LogP contribution in [0.4, 0.5) is 5.69 Å². The van der Waals surface area contributed by atoms with Gasteiger partial charge in [-0.25, -0.2) is 9.13 Å². The van der Waals surface area contributed by atoms with E-state index < -0.39 is 0 Å². The molecule has 7 nitrogen and oxygen atoms in total. The highest BCUT2D eigenvalue weighted by Crippen LogP contribution is 2.18. The fourth-order valence-electron chi connectivity index (χ4n) is 2.25. The minimum absolute atomic E-state index is 0.0877. The first-order chi connectivity index (χ1) is 11.5. The van der Waals surface area contributed by atoms with Crippen LogP contribution >= 0.6 is 11.8 Å². The number of thioether (sulfide) groups is 1. The predicted octanol–water partition coefficient (Wildman–Crippen LogP) is 1.64. The predicted molar refractivity (Wildman–Crippen MR) is 94.4 cm³/mol. The third-order valence-electron chi connectivity index (χ3n) is 3.48. The van der Waals surface area contributed by atoms with Crippen LogP contribution in [0.25, 0.3) is 0 Å². The molecule has 0 aromatic carbocycles. The smallest absolute Gasteiger partial charge is 0.318 e. The van der Waals surface area contributed by atoms with Gasteiger partial charge in [0, 0.05) is 19.0 Å². The van der Waals surface area contributed by atoms with E-state index in [0.717, 1.165) is 16.6 Å². The van der Waals surface area contributed by atoms with Crippen molar-refractivity contribution >= 4 is 29.1 Å². The summed E-state index contributed by atoms with van der Waals surface area (Å²) in [5, 5.41) is 4.87. The molecule has 0 aliphatic carbocycles. The number of amides is 1. The van der Waals surface area contributed by atoms with Gasteiger partial charge in [-0.2, -0.15) is 0 Å². The number of aromatic nitrogens is 3. The molecule has 0 saturated carbocycles. The molecule has 0 atom stereocenters. The van der Waals surface area contributed by atoms with Crippen molar-refractivity contribution in [1.82, 2.24) is 9.55 Å². The first kappa shape index (κ1) is 18.0. The number of aryl methyl sites for hydroxylation is 1. The fraction of sp³-hybridized carbons (Fsp3) is 0.375. The number of hydrogen-bond acceptors (Lipinski definition) is 5. The first-order valence-corrected chi connectivity index (χ1v) is 8.37. The Morgan fingerprint density at radius 1 is 1.54 bits per heavy atom. The van der Waals surface area contributed by atoms with Crippen LogP contribution < -0.4 is 9.47 Å². The Bertz CT molecular complexity index is 742. The van der Waals surface area contributed by atoms with Gasteiger partial charge in [-0.3, -0.25) is 9.78 Å². The Morgan fingerprint density at radius 3 is 2.92 bits per heavy atom. The van der Waals surface area contributed by atoms with E-state index in [-0.39, 0.29) is 5.91 Å². The molecule has 2 aromatic rings. The van der Waals surface area contributed by atoms with Gasteiger partial charge < -0.3 is 9.74 Å². The average Bonchev–Trinajstić information content (AvgIpc) is 2.87. The zero-order valence-corrected chi connectivity index (χ0v) is 15.4. The van der Waals surface area contributed by atoms with Crippen LogP contribution in [0.1, 0.15) is 17.4 Å². The summed E-state index contributed by atoms with van der Waals surface area (Å²) in [6.45, 7) is 1.90. The molecule has 0 saturated heterocycles. The zero-order chi connectivity index (χ0) is 17.7. The van der Waals surface area contributed by atoms with Gasteiger partial charge in [-0.1, -0.05) is 5.16 Å². The molecule has 24 heavy (non-hydrogen) atoms. The van der Waals surface area contributed by atoms with Crippen LogP contribution in [0.2, 0.25) is 0 Å². The molecule has 0 unspecified atom stereocenters. The Kier molecular flexibility index (Phi) is 5.97. The zero-order valence-electron chi connectivity index (χ0n) is 14.6. The maximum absolute atomic E-state index is 12.8. The van der Waals surface area contributed by atoms with Gasteiger partial charge in [-0.15, -0.1) is 0 Å². The van der Waals surface area contributed by atoms with Gasteiger partial charge in [0.25, 0.3) is 0 Å². The Balaban J connectivity index is 2.21. The topological polar surface area (TPSA) is 63.6 Å². The number of hydrogen-bond donors (Lipinski definition) is 0. The molecule has 0 spiro atoms. The van der Waals surface area contributed by atoms with Gasteiger partial charge in [0.2, 0.25) is 5.69 Å². The molecule has 128 valence electrons. The van der Waals surface area contributed by atoms with Gasteiger partial charge in [0.15, 0.2) is 0 Å². The summed E-state index contributed by atoms with van der Waals surface area (Å²) in [5.41, 5.74) is 2.24. The quantitative estimate of drug-likeness (QED) is 0.345. The van der Waals surface area contributed by atoms with Gasteiger partial charge in [-0.05, 0) is 30.8 Å². The van der Waals surface area contributed by atoms with Crippen LogP contribution in [0, 0.1) is 0 Å². The number of carbonyl (C=O) groups excluding carboxylic acids is 1. The van der Waals surface area contributed by atoms with Crippen molar-refractivity contribution < 1.29 is 14.2 Å². The van der Waals surface area contributed by atoms with E-state index in [1.807, 2.05) is 48.5 Å². The molecular formula is C16H22N5O2S+. The minimum Gasteiger partial charge on any atom is -0.399 e. The monoisotopic (exact) mass is 348 g/mol. The number of anilines is 1. The summed E-state index contributed by atoms with van der Waals surface area (Å²) in [4.78, 5) is 23.2. The van der Waals surface area contributed by atoms with Crippen LogP contribution in [0.5, 0.6) is 0 Å². The second-order valence-electron chi connectivity index (χ2n) is 5.34. The Hall–Kier alpha value is -2.35. The molecule has 0 aliphatic rings. The Morgan fingerprint density at radius 2 is 2.29 bits per heavy atom. The van der Waals surface area contributed by atoms with E-state index in [1.165, 1.54) is 7.11 Å². The number of nitrogens with zero attached hydrogens (tertiary/aromatic N) is 5. The molecule has 0 fully saturated rings. The molecule has 2 heterocycles. The SMILES string of the molecule is CO/N=C(/C)CSc1n(C)c(C(=O)N(C)c2cccnc2)c[n+]1C. The minimum atomic E-state index is -0.0877. The van der Waals surface area contributed by atoms with E-state index in [1.54, 1.807) is 36.1 Å². The van der Waals surface area contributed by atoms with Crippen molar-refractivity contribution in [3.63, 3.8) is 0 Å². The standard InChI is InChI=1S/C16H22N5O2S/c1-12(18-23-5)11-24-16-19(2)10-14(21(16)4)15(22)20(3)13-7-6-8-17-9-13/h6-10H,11H2,1-5H3/q+1/b18-12-. The summed E-state index contributed by atoms with van der Waals surface area (Å²) in [6.07, 6.45) is 5.18. The second-order valence-corrected chi connectivity index (χ2v) is 6.28. The largest absolute Gasteiger partial charge is 0.399 e. The van der Waals surface area contributed by atoms with E-state index in [9.17, 15) is 4.79 Å². The van der Waals surface area contributed by atoms with Crippen LogP contribution in [-0.2, 0) is 18.9 Å². The third-order valence-corrected chi connectivity index (χ3v) is 4.86. The lowest BCUT2D eigenvalue weighted by molar-refractivity contribution is -0.709. The van der Waals surface area contributed by atoms with Crippen LogP contribution in [-0.4, -0.2) is 41.1 Å². The highest BCUT2D eigenvalue weighted by molar-refractivity contribution is 7.99. The van der Waals surface area contributed by atoms with E-state index in [2.05, 4.69) is 10.1 Å². The summed E-state index contributed by atoms with van der Waals surface area (Å²) < 4.78 is 3.83. The number of imidazole rings is 1. The molecule has 0 bridgehead atoms. The molecule has 0 N–H and O–H groups in total. The highest BCUT2D eigenvalue weighted by atomic mass is 32.2. The molecule has 8 heteroatoms. The lowest BCUT2D eigenvalue weighted by atomic mass is 10.3. The number of oxime groups is 1. The molecular weight excluding hydrogens is 326 g/mol. The maximum Gasteiger partial charge on any atom is 0.318 e. The van der Waals surface area contributed by atoms with Crippen molar-refractivity contribution in [3.05, 3.63) is 36.4 Å². The third kappa shape index (κ3) is 3.94. The molecule has 2 aromatic heterocycles. The highest BCUT2D eigenvalue weighted by Gasteiger charge is 2.27. The van der Waals surface area contributed by atoms with Gasteiger partial charge in [0.1, 0.15) is 13.3 Å². The lowest BCUT2D eigenvalue weighted by Gasteiger charge is -2.14. The van der Waals surface area contributed by atoms with E-state index in [0.29, 0.717) is 11.4 Å². The summed E-state index contributed by atoms with van der Waals surface area (Å²) in [6, 6.07) is 3.66. The first-order valence-electron chi connectivity index (χ1n) is 7.38. The molecule has 0 aliphatic heterocycles. The number of carbonyl (C=O) groups is 1. The normalized spacial score (nSPS) is 11.5. The maximum atomic E-state index is 12.8. The van der Waals surface area contributed by atoms with Crippen molar-refractivity contribution in [2.24, 2.45) is 19.3 Å². The number of rotatable bonds is 6. The lowest BCUT2D eigenvalue weighted by Crippen LogP contribution is -2.29. The van der Waals surface area contributed by atoms with Crippen molar-refractivity contribution in [1.29, 1.82) is 0 Å². The summed E-state index contributed by atoms with van der Waals surface area (Å²) in [5.74, 6) is 0.598. The van der Waals surface area contributed by atoms with Crippen LogP contribution in [0.15, 0.2) is 41.0 Å².